The van der Waals surface area contributed by atoms with Gasteiger partial charge in [-0.15, -0.1) is 11.3 Å². The van der Waals surface area contributed by atoms with E-state index in [-0.39, 0.29) is 11.3 Å². The van der Waals surface area contributed by atoms with Crippen molar-refractivity contribution in [2.24, 2.45) is 11.3 Å². The number of esters is 1. The fourth-order valence-electron chi connectivity index (χ4n) is 5.28. The minimum absolute atomic E-state index is 0.202. The Bertz CT molecular complexity index is 1590. The third-order valence-corrected chi connectivity index (χ3v) is 9.98. The van der Waals surface area contributed by atoms with Gasteiger partial charge in [-0.1, -0.05) is 74.7 Å². The maximum atomic E-state index is 13.8. The van der Waals surface area contributed by atoms with Crippen LogP contribution in [0.2, 0.25) is 10.0 Å². The molecule has 2 heterocycles. The fraction of sp³-hybridized carbons (Fsp3) is 0.323. The molecule has 0 aliphatic heterocycles. The molecule has 0 saturated carbocycles. The monoisotopic (exact) mass is 580 g/mol. The van der Waals surface area contributed by atoms with Crippen molar-refractivity contribution in [3.05, 3.63) is 80.1 Å². The van der Waals surface area contributed by atoms with Crippen LogP contribution in [0.3, 0.4) is 0 Å². The lowest BCUT2D eigenvalue weighted by Gasteiger charge is -2.36. The number of hydrogen-bond donors (Lipinski definition) is 1. The number of amides is 1. The minimum atomic E-state index is -0.424. The molecular weight excluding hydrogens is 551 g/mol. The zero-order valence-corrected chi connectivity index (χ0v) is 24.7. The van der Waals surface area contributed by atoms with Gasteiger partial charge in [-0.05, 0) is 60.4 Å². The number of carbonyl (C=O) groups excluding carboxylic acids is 2. The second-order valence-electron chi connectivity index (χ2n) is 10.6. The third kappa shape index (κ3) is 5.30. The summed E-state index contributed by atoms with van der Waals surface area (Å²) in [7, 11) is 1.38. The standard InChI is InChI=1S/C31H30Cl2N2O3S/c1-5-31(2,3)18-11-12-20-26(15-18)39-29(27(20)30(37)38-4)35-28(36)21-16-25(17-10-13-22(32)23(33)14-17)34-24-9-7-6-8-19(21)24/h6-10,13-14,16,18H,5,11-12,15H2,1-4H3,(H,35,36). The maximum absolute atomic E-state index is 13.8. The number of ether oxygens (including phenoxy) is 1. The Morgan fingerprint density at radius 2 is 1.90 bits per heavy atom. The molecule has 39 heavy (non-hydrogen) atoms. The number of aromatic nitrogens is 1. The van der Waals surface area contributed by atoms with E-state index in [1.165, 1.54) is 18.4 Å². The molecular formula is C31H30Cl2N2O3S. The van der Waals surface area contributed by atoms with Gasteiger partial charge in [0.05, 0.1) is 39.5 Å². The molecule has 1 atom stereocenters. The van der Waals surface area contributed by atoms with Gasteiger partial charge in [0.25, 0.3) is 5.91 Å². The normalized spacial score (nSPS) is 15.2. The van der Waals surface area contributed by atoms with Gasteiger partial charge in [-0.3, -0.25) is 4.79 Å². The van der Waals surface area contributed by atoms with E-state index in [9.17, 15) is 9.59 Å². The number of thiophene rings is 1. The molecule has 0 spiro atoms. The Hall–Kier alpha value is -2.93. The molecule has 1 N–H and O–H groups in total. The van der Waals surface area contributed by atoms with E-state index in [0.717, 1.165) is 41.7 Å². The van der Waals surface area contributed by atoms with E-state index in [2.05, 4.69) is 26.1 Å². The van der Waals surface area contributed by atoms with Gasteiger partial charge < -0.3 is 10.1 Å². The highest BCUT2D eigenvalue weighted by molar-refractivity contribution is 7.17. The van der Waals surface area contributed by atoms with Gasteiger partial charge in [0.2, 0.25) is 0 Å². The van der Waals surface area contributed by atoms with Crippen LogP contribution in [-0.2, 0) is 17.6 Å². The average Bonchev–Trinajstić information content (AvgIpc) is 3.30. The number of pyridine rings is 1. The maximum Gasteiger partial charge on any atom is 0.341 e. The molecule has 1 aliphatic rings. The highest BCUT2D eigenvalue weighted by Crippen LogP contribution is 2.46. The van der Waals surface area contributed by atoms with Crippen LogP contribution in [-0.4, -0.2) is 24.0 Å². The van der Waals surface area contributed by atoms with Crippen LogP contribution < -0.4 is 5.32 Å². The molecule has 2 aromatic carbocycles. The van der Waals surface area contributed by atoms with Gasteiger partial charge in [0, 0.05) is 15.8 Å². The molecule has 8 heteroatoms. The first-order valence-corrected chi connectivity index (χ1v) is 14.6. The molecule has 202 valence electrons. The van der Waals surface area contributed by atoms with Crippen LogP contribution in [0, 0.1) is 11.3 Å². The van der Waals surface area contributed by atoms with E-state index in [4.69, 9.17) is 32.9 Å². The van der Waals surface area contributed by atoms with Crippen LogP contribution >= 0.6 is 34.5 Å². The summed E-state index contributed by atoms with van der Waals surface area (Å²) >= 11 is 13.9. The number of para-hydroxylation sites is 1. The first kappa shape index (κ1) is 27.6. The molecule has 2 aromatic heterocycles. The Morgan fingerprint density at radius 3 is 2.62 bits per heavy atom. The van der Waals surface area contributed by atoms with Crippen molar-refractivity contribution < 1.29 is 14.3 Å². The molecule has 0 radical (unpaired) electrons. The second-order valence-corrected chi connectivity index (χ2v) is 12.6. The Balaban J connectivity index is 1.56. The van der Waals surface area contributed by atoms with Crippen molar-refractivity contribution >= 4 is 62.3 Å². The number of hydrogen-bond acceptors (Lipinski definition) is 5. The van der Waals surface area contributed by atoms with Gasteiger partial charge in [0.15, 0.2) is 0 Å². The Morgan fingerprint density at radius 1 is 1.13 bits per heavy atom. The topological polar surface area (TPSA) is 68.3 Å². The average molecular weight is 582 g/mol. The summed E-state index contributed by atoms with van der Waals surface area (Å²) in [5.41, 5.74) is 4.15. The molecule has 4 aromatic rings. The SMILES string of the molecule is CCC(C)(C)C1CCc2c(sc(NC(=O)c3cc(-c4ccc(Cl)c(Cl)c4)nc4ccccc34)c2C(=O)OC)C1. The highest BCUT2D eigenvalue weighted by Gasteiger charge is 2.35. The van der Waals surface area contributed by atoms with Crippen LogP contribution in [0.1, 0.15) is 64.8 Å². The molecule has 1 unspecified atom stereocenters. The summed E-state index contributed by atoms with van der Waals surface area (Å²) in [6, 6.07) is 14.5. The van der Waals surface area contributed by atoms with Gasteiger partial charge in [0.1, 0.15) is 5.00 Å². The van der Waals surface area contributed by atoms with Crippen molar-refractivity contribution in [1.29, 1.82) is 0 Å². The number of benzene rings is 2. The molecule has 5 nitrogen and oxygen atoms in total. The summed E-state index contributed by atoms with van der Waals surface area (Å²) in [4.78, 5) is 32.7. The molecule has 0 bridgehead atoms. The smallest absolute Gasteiger partial charge is 0.341 e. The van der Waals surface area contributed by atoms with E-state index >= 15 is 0 Å². The molecule has 1 aliphatic carbocycles. The number of fused-ring (bicyclic) bond motifs is 2. The lowest BCUT2D eigenvalue weighted by atomic mass is 9.69. The summed E-state index contributed by atoms with van der Waals surface area (Å²) in [5.74, 6) is -0.225. The largest absolute Gasteiger partial charge is 0.465 e. The number of halogens is 2. The number of rotatable bonds is 6. The fourth-order valence-corrected chi connectivity index (χ4v) is 6.89. The third-order valence-electron chi connectivity index (χ3n) is 8.07. The quantitative estimate of drug-likeness (QED) is 0.231. The summed E-state index contributed by atoms with van der Waals surface area (Å²) in [6.07, 6.45) is 3.77. The minimum Gasteiger partial charge on any atom is -0.465 e. The number of anilines is 1. The number of nitrogens with one attached hydrogen (secondary N) is 1. The van der Waals surface area contributed by atoms with Gasteiger partial charge >= 0.3 is 5.97 Å². The first-order chi connectivity index (χ1) is 18.6. The summed E-state index contributed by atoms with van der Waals surface area (Å²) in [6.45, 7) is 6.83. The predicted octanol–water partition coefficient (Wildman–Crippen LogP) is 8.85. The van der Waals surface area contributed by atoms with Crippen LogP contribution in [0.4, 0.5) is 5.00 Å². The Kier molecular flexibility index (Phi) is 7.73. The lowest BCUT2D eigenvalue weighted by molar-refractivity contribution is 0.0600. The van der Waals surface area contributed by atoms with E-state index in [0.29, 0.717) is 48.7 Å². The molecule has 1 amide bonds. The van der Waals surface area contributed by atoms with E-state index < -0.39 is 5.97 Å². The zero-order valence-electron chi connectivity index (χ0n) is 22.4. The molecule has 0 fully saturated rings. The number of carbonyl (C=O) groups is 2. The lowest BCUT2D eigenvalue weighted by Crippen LogP contribution is -2.28. The second kappa shape index (κ2) is 10.9. The summed E-state index contributed by atoms with van der Waals surface area (Å²) < 4.78 is 5.16. The van der Waals surface area contributed by atoms with Crippen molar-refractivity contribution in [3.63, 3.8) is 0 Å². The highest BCUT2D eigenvalue weighted by atomic mass is 35.5. The number of nitrogens with zero attached hydrogens (tertiary/aromatic N) is 1. The van der Waals surface area contributed by atoms with Crippen LogP contribution in [0.15, 0.2) is 48.5 Å². The molecule has 5 rings (SSSR count). The zero-order chi connectivity index (χ0) is 27.9. The first-order valence-electron chi connectivity index (χ1n) is 13.0. The van der Waals surface area contributed by atoms with Crippen molar-refractivity contribution in [3.8, 4) is 11.3 Å². The summed E-state index contributed by atoms with van der Waals surface area (Å²) in [5, 5.41) is 5.16. The number of methoxy groups -OCH3 is 1. The van der Waals surface area contributed by atoms with Crippen LogP contribution in [0.25, 0.3) is 22.2 Å². The van der Waals surface area contributed by atoms with Crippen LogP contribution in [0.5, 0.6) is 0 Å². The Labute approximate surface area is 242 Å². The van der Waals surface area contributed by atoms with Gasteiger partial charge in [-0.25, -0.2) is 9.78 Å². The predicted molar refractivity (Wildman–Crippen MR) is 160 cm³/mol. The van der Waals surface area contributed by atoms with Crippen molar-refractivity contribution in [1.82, 2.24) is 4.98 Å². The van der Waals surface area contributed by atoms with Crippen molar-refractivity contribution in [2.45, 2.75) is 46.5 Å². The van der Waals surface area contributed by atoms with Gasteiger partial charge in [-0.2, -0.15) is 0 Å². The van der Waals surface area contributed by atoms with E-state index in [1.54, 1.807) is 18.2 Å². The van der Waals surface area contributed by atoms with E-state index in [1.807, 2.05) is 30.3 Å². The molecule has 0 saturated heterocycles. The van der Waals surface area contributed by atoms with Crippen molar-refractivity contribution in [2.75, 3.05) is 12.4 Å².